The molecule has 0 unspecified atom stereocenters. The fourth-order valence-electron chi connectivity index (χ4n) is 2.62. The highest BCUT2D eigenvalue weighted by Crippen LogP contribution is 2.31. The van der Waals surface area contributed by atoms with E-state index in [2.05, 4.69) is 24.1 Å². The van der Waals surface area contributed by atoms with Crippen LogP contribution in [0.3, 0.4) is 0 Å². The lowest BCUT2D eigenvalue weighted by atomic mass is 10.1. The number of aromatic carboxylic acids is 1. The summed E-state index contributed by atoms with van der Waals surface area (Å²) in [6, 6.07) is 8.20. The fourth-order valence-corrected chi connectivity index (χ4v) is 3.43. The van der Waals surface area contributed by atoms with E-state index in [0.29, 0.717) is 17.6 Å². The van der Waals surface area contributed by atoms with E-state index in [4.69, 9.17) is 10.1 Å². The van der Waals surface area contributed by atoms with Crippen molar-refractivity contribution >= 4 is 17.3 Å². The van der Waals surface area contributed by atoms with Crippen molar-refractivity contribution in [2.75, 3.05) is 0 Å². The third-order valence-electron chi connectivity index (χ3n) is 3.93. The van der Waals surface area contributed by atoms with Crippen molar-refractivity contribution in [3.63, 3.8) is 0 Å². The summed E-state index contributed by atoms with van der Waals surface area (Å²) in [4.78, 5) is 18.3. The van der Waals surface area contributed by atoms with Crippen LogP contribution in [-0.2, 0) is 6.54 Å². The number of benzene rings is 1. The van der Waals surface area contributed by atoms with Gasteiger partial charge in [-0.3, -0.25) is 4.90 Å². The van der Waals surface area contributed by atoms with Gasteiger partial charge in [0.15, 0.2) is 0 Å². The van der Waals surface area contributed by atoms with E-state index in [1.807, 2.05) is 6.07 Å². The van der Waals surface area contributed by atoms with Crippen LogP contribution in [0, 0.1) is 0 Å². The van der Waals surface area contributed by atoms with Crippen LogP contribution in [0.2, 0.25) is 0 Å². The lowest BCUT2D eigenvalue weighted by molar-refractivity contribution is 0.0697. The summed E-state index contributed by atoms with van der Waals surface area (Å²) < 4.78 is 0. The molecule has 2 aromatic rings. The zero-order valence-corrected chi connectivity index (χ0v) is 13.6. The van der Waals surface area contributed by atoms with Crippen molar-refractivity contribution in [3.05, 3.63) is 40.9 Å². The van der Waals surface area contributed by atoms with Gasteiger partial charge in [0.2, 0.25) is 0 Å². The number of hydrogen-bond acceptors (Lipinski definition) is 4. The molecular weight excluding hydrogens is 296 g/mol. The van der Waals surface area contributed by atoms with Crippen LogP contribution in [-0.4, -0.2) is 33.0 Å². The number of carboxylic acids is 1. The molecule has 0 atom stereocenters. The molecular formula is C17H20N2O2S. The third-order valence-corrected chi connectivity index (χ3v) is 4.87. The number of carbonyl (C=O) groups is 1. The Balaban J connectivity index is 1.78. The van der Waals surface area contributed by atoms with Gasteiger partial charge >= 0.3 is 5.97 Å². The van der Waals surface area contributed by atoms with Gasteiger partial charge in [-0.25, -0.2) is 9.78 Å². The van der Waals surface area contributed by atoms with E-state index in [0.717, 1.165) is 22.8 Å². The lowest BCUT2D eigenvalue weighted by Gasteiger charge is -2.25. The van der Waals surface area contributed by atoms with Crippen molar-refractivity contribution in [1.29, 1.82) is 0 Å². The largest absolute Gasteiger partial charge is 0.478 e. The molecule has 0 amide bonds. The monoisotopic (exact) mass is 316 g/mol. The number of carboxylic acid groups (broad SMARTS) is 1. The van der Waals surface area contributed by atoms with Crippen LogP contribution >= 0.6 is 11.3 Å². The van der Waals surface area contributed by atoms with Gasteiger partial charge < -0.3 is 5.11 Å². The third kappa shape index (κ3) is 3.36. The van der Waals surface area contributed by atoms with Crippen LogP contribution in [0.25, 0.3) is 10.6 Å². The molecule has 116 valence electrons. The van der Waals surface area contributed by atoms with Crippen LogP contribution in [0.1, 0.15) is 42.7 Å². The Morgan fingerprint density at radius 2 is 2.23 bits per heavy atom. The highest BCUT2D eigenvalue weighted by atomic mass is 32.1. The van der Waals surface area contributed by atoms with Gasteiger partial charge in [0.05, 0.1) is 11.3 Å². The molecule has 1 N–H and O–H groups in total. The molecule has 0 radical (unpaired) electrons. The summed E-state index contributed by atoms with van der Waals surface area (Å²) in [6.45, 7) is 5.32. The molecule has 0 spiro atoms. The quantitative estimate of drug-likeness (QED) is 0.878. The minimum absolute atomic E-state index is 0.302. The van der Waals surface area contributed by atoms with Crippen molar-refractivity contribution in [2.45, 2.75) is 45.3 Å². The summed E-state index contributed by atoms with van der Waals surface area (Å²) in [6.07, 6.45) is 2.58. The smallest absolute Gasteiger partial charge is 0.335 e. The molecule has 3 rings (SSSR count). The lowest BCUT2D eigenvalue weighted by Crippen LogP contribution is -2.32. The van der Waals surface area contributed by atoms with Crippen molar-refractivity contribution in [2.24, 2.45) is 0 Å². The summed E-state index contributed by atoms with van der Waals surface area (Å²) >= 11 is 1.58. The first-order valence-electron chi connectivity index (χ1n) is 7.58. The molecule has 1 heterocycles. The van der Waals surface area contributed by atoms with Crippen molar-refractivity contribution < 1.29 is 9.90 Å². The van der Waals surface area contributed by atoms with E-state index >= 15 is 0 Å². The molecule has 5 heteroatoms. The SMILES string of the molecule is CC(C)N(Cc1csc(-c2cccc(C(=O)O)c2)n1)C1CC1. The number of nitrogens with zero attached hydrogens (tertiary/aromatic N) is 2. The highest BCUT2D eigenvalue weighted by Gasteiger charge is 2.31. The summed E-state index contributed by atoms with van der Waals surface area (Å²) in [5.41, 5.74) is 2.25. The Labute approximate surface area is 134 Å². The van der Waals surface area contributed by atoms with E-state index in [1.165, 1.54) is 12.8 Å². The second-order valence-electron chi connectivity index (χ2n) is 6.03. The maximum atomic E-state index is 11.1. The van der Waals surface area contributed by atoms with Gasteiger partial charge in [-0.2, -0.15) is 0 Å². The Bertz CT molecular complexity index is 675. The van der Waals surface area contributed by atoms with Crippen LogP contribution in [0.15, 0.2) is 29.6 Å². The molecule has 22 heavy (non-hydrogen) atoms. The summed E-state index contributed by atoms with van der Waals surface area (Å²) in [5, 5.41) is 12.1. The topological polar surface area (TPSA) is 53.4 Å². The van der Waals surface area contributed by atoms with E-state index in [9.17, 15) is 4.79 Å². The zero-order valence-electron chi connectivity index (χ0n) is 12.8. The number of aromatic nitrogens is 1. The average molecular weight is 316 g/mol. The van der Waals surface area contributed by atoms with Gasteiger partial charge in [0, 0.05) is 29.6 Å². The minimum atomic E-state index is -0.904. The predicted molar refractivity (Wildman–Crippen MR) is 88.2 cm³/mol. The highest BCUT2D eigenvalue weighted by molar-refractivity contribution is 7.13. The maximum absolute atomic E-state index is 11.1. The fraction of sp³-hybridized carbons (Fsp3) is 0.412. The van der Waals surface area contributed by atoms with Gasteiger partial charge in [-0.15, -0.1) is 11.3 Å². The first-order chi connectivity index (χ1) is 10.5. The molecule has 0 saturated heterocycles. The minimum Gasteiger partial charge on any atom is -0.478 e. The molecule has 1 saturated carbocycles. The second kappa shape index (κ2) is 6.18. The van der Waals surface area contributed by atoms with Crippen LogP contribution in [0.5, 0.6) is 0 Å². The average Bonchev–Trinajstić information content (AvgIpc) is 3.22. The number of thiazole rings is 1. The molecule has 1 aliphatic rings. The van der Waals surface area contributed by atoms with Crippen molar-refractivity contribution in [3.8, 4) is 10.6 Å². The number of rotatable bonds is 6. The van der Waals surface area contributed by atoms with E-state index < -0.39 is 5.97 Å². The first-order valence-corrected chi connectivity index (χ1v) is 8.46. The molecule has 0 bridgehead atoms. The zero-order chi connectivity index (χ0) is 15.7. The molecule has 1 aromatic carbocycles. The Morgan fingerprint density at radius 1 is 1.45 bits per heavy atom. The standard InChI is InChI=1S/C17H20N2O2S/c1-11(2)19(15-6-7-15)9-14-10-22-16(18-14)12-4-3-5-13(8-12)17(20)21/h3-5,8,10-11,15H,6-7,9H2,1-2H3,(H,20,21). The first kappa shape index (κ1) is 15.2. The van der Waals surface area contributed by atoms with Gasteiger partial charge in [-0.05, 0) is 38.8 Å². The van der Waals surface area contributed by atoms with Gasteiger partial charge in [-0.1, -0.05) is 12.1 Å². The van der Waals surface area contributed by atoms with Crippen molar-refractivity contribution in [1.82, 2.24) is 9.88 Å². The molecule has 0 aliphatic heterocycles. The molecule has 4 nitrogen and oxygen atoms in total. The second-order valence-corrected chi connectivity index (χ2v) is 6.89. The Morgan fingerprint density at radius 3 is 2.86 bits per heavy atom. The van der Waals surface area contributed by atoms with Gasteiger partial charge in [0.25, 0.3) is 0 Å². The Kier molecular flexibility index (Phi) is 4.27. The summed E-state index contributed by atoms with van der Waals surface area (Å²) in [5.74, 6) is -0.904. The van der Waals surface area contributed by atoms with E-state index in [-0.39, 0.29) is 0 Å². The molecule has 1 aromatic heterocycles. The summed E-state index contributed by atoms with van der Waals surface area (Å²) in [7, 11) is 0. The van der Waals surface area contributed by atoms with Crippen LogP contribution in [0.4, 0.5) is 0 Å². The molecule has 1 aliphatic carbocycles. The normalized spacial score (nSPS) is 14.7. The van der Waals surface area contributed by atoms with E-state index in [1.54, 1.807) is 29.5 Å². The Hall–Kier alpha value is -1.72. The number of hydrogen-bond donors (Lipinski definition) is 1. The van der Waals surface area contributed by atoms with Crippen LogP contribution < -0.4 is 0 Å². The maximum Gasteiger partial charge on any atom is 0.335 e. The van der Waals surface area contributed by atoms with Gasteiger partial charge in [0.1, 0.15) is 5.01 Å². The molecule has 1 fully saturated rings. The predicted octanol–water partition coefficient (Wildman–Crippen LogP) is 3.88.